The molecule has 9 aromatic heterocycles. The van der Waals surface area contributed by atoms with E-state index in [-0.39, 0.29) is 16.6 Å². The van der Waals surface area contributed by atoms with E-state index in [0.717, 1.165) is 189 Å². The minimum atomic E-state index is 0.0592. The van der Waals surface area contributed by atoms with Crippen LogP contribution in [0.2, 0.25) is 0 Å². The smallest absolute Gasteiger partial charge is 0.230 e. The first-order chi connectivity index (χ1) is 47.1. The zero-order chi connectivity index (χ0) is 64.6. The van der Waals surface area contributed by atoms with Gasteiger partial charge in [0.05, 0.1) is 70.4 Å². The van der Waals surface area contributed by atoms with E-state index in [0.29, 0.717) is 17.8 Å². The molecular formula is C72H91N23S. The summed E-state index contributed by atoms with van der Waals surface area (Å²) in [6.07, 6.45) is 32.7. The van der Waals surface area contributed by atoms with Crippen molar-refractivity contribution in [2.24, 2.45) is 4.99 Å². The Morgan fingerprint density at radius 3 is 1.29 bits per heavy atom. The fraction of sp³-hybridized carbons (Fsp3) is 0.514. The van der Waals surface area contributed by atoms with Gasteiger partial charge >= 0.3 is 0 Å². The summed E-state index contributed by atoms with van der Waals surface area (Å²) in [5.41, 5.74) is 11.7. The highest BCUT2D eigenvalue weighted by molar-refractivity contribution is 7.80. The first kappa shape index (κ1) is 62.5. The minimum absolute atomic E-state index is 0.0592. The molecule has 15 heterocycles. The van der Waals surface area contributed by atoms with E-state index < -0.39 is 0 Å². The zero-order valence-electron chi connectivity index (χ0n) is 55.8. The third-order valence-corrected chi connectivity index (χ3v) is 22.4. The number of pyridine rings is 3. The highest BCUT2D eigenvalue weighted by atomic mass is 32.1. The van der Waals surface area contributed by atoms with Crippen molar-refractivity contribution >= 4 is 108 Å². The van der Waals surface area contributed by atoms with E-state index >= 15 is 0 Å². The van der Waals surface area contributed by atoms with Gasteiger partial charge in [-0.25, -0.2) is 29.9 Å². The van der Waals surface area contributed by atoms with Crippen LogP contribution in [0.3, 0.4) is 0 Å². The van der Waals surface area contributed by atoms with Crippen LogP contribution in [-0.2, 0) is 23.2 Å². The molecule has 23 nitrogen and oxygen atoms in total. The minimum Gasteiger partial charge on any atom is -0.368 e. The third kappa shape index (κ3) is 12.5. The molecule has 24 heteroatoms. The zero-order valence-corrected chi connectivity index (χ0v) is 56.6. The summed E-state index contributed by atoms with van der Waals surface area (Å²) < 4.78 is 7.48. The summed E-state index contributed by atoms with van der Waals surface area (Å²) >= 11 is 5.76. The van der Waals surface area contributed by atoms with Crippen molar-refractivity contribution in [2.75, 3.05) is 129 Å². The molecule has 9 aliphatic rings. The fourth-order valence-electron chi connectivity index (χ4n) is 17.1. The standard InChI is InChI=1S/C24H32N8.C24H30N8.C24H29N7S/c1-30-16-20-13-18-14-27-23(29-22(18)32(20)24(17-30)7-3-2-4-8-24)28-21-6-5-19(15-26-21)31-11-9-25-10-12-31;1-17-20-13-18-14-27-23(29-21-6-5-19(15-26-21)31-11-9-25-10-12-31)30-22(18)32(20)24(16-28-17)7-3-2-4-8-24;32-20-6-9-24(7-2-1-3-8-24)31-19(20)14-17-15-27-23(29-22(17)31)28-21-5-4-18(16-26-21)30-12-10-25-11-13-30/h5-6,13-15,25H,2-4,7-12,16-17H2,1H3,(H,26,27,28,29);5-6,13-15,25H,2-4,7-12,16H2,1H3,(H,26,27,29,30);4-5,14-16,25H,1-3,6-13H2,(H,26,27,28,29). The number of piperazine rings is 3. The van der Waals surface area contributed by atoms with E-state index in [1.807, 2.05) is 55.4 Å². The largest absolute Gasteiger partial charge is 0.368 e. The maximum absolute atomic E-state index is 5.76. The molecule has 0 bridgehead atoms. The second-order valence-electron chi connectivity index (χ2n) is 28.3. The molecule has 3 aliphatic carbocycles. The lowest BCUT2D eigenvalue weighted by atomic mass is 9.76. The van der Waals surface area contributed by atoms with Gasteiger partial charge < -0.3 is 60.3 Å². The molecule has 6 N–H and O–H groups in total. The number of aromatic nitrogens is 12. The van der Waals surface area contributed by atoms with Gasteiger partial charge in [-0.05, 0) is 120 Å². The average molecular weight is 1310 g/mol. The van der Waals surface area contributed by atoms with Gasteiger partial charge in [-0.1, -0.05) is 70.0 Å². The molecule has 500 valence electrons. The van der Waals surface area contributed by atoms with Crippen molar-refractivity contribution in [1.29, 1.82) is 0 Å². The Kier molecular flexibility index (Phi) is 17.6. The maximum Gasteiger partial charge on any atom is 0.230 e. The Labute approximate surface area is 567 Å². The summed E-state index contributed by atoms with van der Waals surface area (Å²) in [4.78, 5) is 58.1. The average Bonchev–Trinajstić information content (AvgIpc) is 1.56. The second kappa shape index (κ2) is 27.0. The highest BCUT2D eigenvalue weighted by Gasteiger charge is 2.43. The number of likely N-dealkylation sites (N-methyl/N-ethyl adjacent to an activating group) is 1. The highest BCUT2D eigenvalue weighted by Crippen LogP contribution is 2.47. The van der Waals surface area contributed by atoms with Crippen LogP contribution in [0, 0.1) is 0 Å². The van der Waals surface area contributed by atoms with Crippen molar-refractivity contribution in [3.63, 3.8) is 0 Å². The lowest BCUT2D eigenvalue weighted by molar-refractivity contribution is 0.0935. The van der Waals surface area contributed by atoms with Crippen molar-refractivity contribution in [1.82, 2.24) is 79.4 Å². The number of anilines is 9. The predicted molar refractivity (Wildman–Crippen MR) is 388 cm³/mol. The molecule has 9 aromatic rings. The topological polar surface area (TPSA) is 228 Å². The van der Waals surface area contributed by atoms with E-state index in [1.54, 1.807) is 0 Å². The molecular weight excluding hydrogens is 1220 g/mol. The van der Waals surface area contributed by atoms with Crippen molar-refractivity contribution in [3.05, 3.63) is 109 Å². The van der Waals surface area contributed by atoms with Crippen LogP contribution in [0.25, 0.3) is 33.1 Å². The van der Waals surface area contributed by atoms with Crippen molar-refractivity contribution < 1.29 is 0 Å². The Morgan fingerprint density at radius 2 is 0.844 bits per heavy atom. The number of hydrogen-bond acceptors (Lipinski definition) is 21. The molecule has 3 spiro atoms. The number of fused-ring (bicyclic) bond motifs is 12. The van der Waals surface area contributed by atoms with Crippen LogP contribution in [0.15, 0.2) is 96.8 Å². The molecule has 0 aromatic carbocycles. The number of nitrogens with one attached hydrogen (secondary N) is 6. The van der Waals surface area contributed by atoms with Gasteiger partial charge in [0.2, 0.25) is 17.8 Å². The summed E-state index contributed by atoms with van der Waals surface area (Å²) in [6.45, 7) is 17.2. The van der Waals surface area contributed by atoms with Gasteiger partial charge in [-0.15, -0.1) is 0 Å². The van der Waals surface area contributed by atoms with Gasteiger partial charge in [0, 0.05) is 142 Å². The number of rotatable bonds is 9. The quantitative estimate of drug-likeness (QED) is 0.0738. The first-order valence-electron chi connectivity index (χ1n) is 35.6. The summed E-state index contributed by atoms with van der Waals surface area (Å²) in [5.74, 6) is 4.09. The van der Waals surface area contributed by atoms with Crippen LogP contribution >= 0.6 is 12.2 Å². The molecule has 0 amide bonds. The number of thiocarbonyl (C=S) groups is 1. The van der Waals surface area contributed by atoms with Gasteiger partial charge in [0.1, 0.15) is 34.4 Å². The molecule has 6 fully saturated rings. The monoisotopic (exact) mass is 1310 g/mol. The molecule has 0 atom stereocenters. The first-order valence-corrected chi connectivity index (χ1v) is 36.0. The lowest BCUT2D eigenvalue weighted by Crippen LogP contribution is -2.50. The molecule has 0 unspecified atom stereocenters. The van der Waals surface area contributed by atoms with Crippen molar-refractivity contribution in [2.45, 2.75) is 139 Å². The summed E-state index contributed by atoms with van der Waals surface area (Å²) in [6, 6.07) is 19.1. The third-order valence-electron chi connectivity index (χ3n) is 22.0. The van der Waals surface area contributed by atoms with Crippen LogP contribution in [0.1, 0.15) is 133 Å². The Hall–Kier alpha value is -8.29. The molecule has 96 heavy (non-hydrogen) atoms. The van der Waals surface area contributed by atoms with Crippen LogP contribution in [0.5, 0.6) is 0 Å². The molecule has 6 aliphatic heterocycles. The number of nitrogens with zero attached hydrogens (tertiary/aromatic N) is 17. The molecule has 3 saturated heterocycles. The van der Waals surface area contributed by atoms with E-state index in [4.69, 9.17) is 32.2 Å². The van der Waals surface area contributed by atoms with E-state index in [2.05, 4.69) is 145 Å². The predicted octanol–water partition coefficient (Wildman–Crippen LogP) is 10.7. The van der Waals surface area contributed by atoms with Gasteiger partial charge in [0.25, 0.3) is 0 Å². The summed E-state index contributed by atoms with van der Waals surface area (Å²) in [7, 11) is 2.24. The maximum atomic E-state index is 5.76. The number of hydrogen-bond donors (Lipinski definition) is 6. The normalized spacial score (nSPS) is 20.6. The molecule has 18 rings (SSSR count). The Balaban J connectivity index is 0.000000113. The molecule has 3 saturated carbocycles. The van der Waals surface area contributed by atoms with Gasteiger partial charge in [-0.3, -0.25) is 9.89 Å². The number of aliphatic imine (C=N–C) groups is 1. The lowest BCUT2D eigenvalue weighted by Gasteiger charge is -2.46. The fourth-order valence-corrected chi connectivity index (χ4v) is 17.4. The SMILES string of the molecule is CC1=NCC2(CCCCC2)n2c1cc1cnc(Nc3ccc(N4CCNCC4)cn3)nc12.CN1Cc2cc3cnc(Nc4ccc(N5CCNCC5)cn4)nc3n2C2(CCCCC2)C1.S=C1CCC2(CCCCC2)n2c1cc1cnc(Nc3ccc(N4CCNCC4)cn3)nc12. The van der Waals surface area contributed by atoms with Crippen LogP contribution in [-0.4, -0.2) is 173 Å². The van der Waals surface area contributed by atoms with E-state index in [1.165, 1.54) is 113 Å². The van der Waals surface area contributed by atoms with E-state index in [9.17, 15) is 0 Å². The molecule has 0 radical (unpaired) electrons. The Bertz CT molecular complexity index is 4140. The van der Waals surface area contributed by atoms with Crippen LogP contribution in [0.4, 0.5) is 52.4 Å². The Morgan fingerprint density at radius 1 is 0.438 bits per heavy atom. The van der Waals surface area contributed by atoms with Gasteiger partial charge in [-0.2, -0.15) is 15.0 Å². The van der Waals surface area contributed by atoms with Crippen molar-refractivity contribution in [3.8, 4) is 0 Å². The second-order valence-corrected chi connectivity index (χ2v) is 28.8. The summed E-state index contributed by atoms with van der Waals surface area (Å²) in [5, 5.41) is 23.4. The van der Waals surface area contributed by atoms with Crippen LogP contribution < -0.4 is 46.6 Å². The van der Waals surface area contributed by atoms with Gasteiger partial charge in [0.15, 0.2) is 0 Å².